The molecular weight excluding hydrogens is 195 g/mol. The molecule has 1 aromatic heterocycles. The summed E-state index contributed by atoms with van der Waals surface area (Å²) in [5.74, 6) is 0.780. The van der Waals surface area contributed by atoms with E-state index in [0.717, 1.165) is 0 Å². The minimum absolute atomic E-state index is 0.308. The summed E-state index contributed by atoms with van der Waals surface area (Å²) in [6.45, 7) is 2.11. The molecule has 78 valence electrons. The third kappa shape index (κ3) is 1.89. The lowest BCUT2D eigenvalue weighted by molar-refractivity contribution is 0.538. The highest BCUT2D eigenvalue weighted by Gasteiger charge is 2.10. The molecule has 2 aromatic rings. The van der Waals surface area contributed by atoms with Crippen molar-refractivity contribution in [2.45, 2.75) is 13.5 Å². The van der Waals surface area contributed by atoms with E-state index in [-0.39, 0.29) is 5.82 Å². The molecule has 0 saturated heterocycles. The van der Waals surface area contributed by atoms with Crippen LogP contribution in [0, 0.1) is 12.7 Å². The first-order valence-electron chi connectivity index (χ1n) is 4.63. The minimum Gasteiger partial charge on any atom is -0.441 e. The highest BCUT2D eigenvalue weighted by atomic mass is 19.1. The maximum atomic E-state index is 12.9. The fourth-order valence-electron chi connectivity index (χ4n) is 1.36. The van der Waals surface area contributed by atoms with Crippen molar-refractivity contribution < 1.29 is 8.81 Å². The molecule has 0 aliphatic heterocycles. The number of hydrogen-bond acceptors (Lipinski definition) is 3. The standard InChI is InChI=1S/C11H11FN2O/c1-7-10(6-13)14-11(15-7)8-3-2-4-9(12)5-8/h2-5H,6,13H2,1H3. The van der Waals surface area contributed by atoms with Crippen molar-refractivity contribution in [3.05, 3.63) is 41.5 Å². The molecule has 15 heavy (non-hydrogen) atoms. The Bertz CT molecular complexity index is 479. The Morgan fingerprint density at radius 3 is 2.87 bits per heavy atom. The number of oxazole rings is 1. The number of rotatable bonds is 2. The Kier molecular flexibility index (Phi) is 2.51. The molecule has 0 fully saturated rings. The first-order valence-corrected chi connectivity index (χ1v) is 4.63. The van der Waals surface area contributed by atoms with Gasteiger partial charge in [-0.3, -0.25) is 0 Å². The van der Waals surface area contributed by atoms with Crippen molar-refractivity contribution in [1.82, 2.24) is 4.98 Å². The zero-order chi connectivity index (χ0) is 10.8. The lowest BCUT2D eigenvalue weighted by Gasteiger charge is -1.94. The molecule has 2 rings (SSSR count). The van der Waals surface area contributed by atoms with Crippen LogP contribution >= 0.6 is 0 Å². The van der Waals surface area contributed by atoms with E-state index in [1.54, 1.807) is 19.1 Å². The summed E-state index contributed by atoms with van der Waals surface area (Å²) in [7, 11) is 0. The third-order valence-corrected chi connectivity index (χ3v) is 2.16. The van der Waals surface area contributed by atoms with Crippen LogP contribution < -0.4 is 5.73 Å². The van der Waals surface area contributed by atoms with Crippen molar-refractivity contribution >= 4 is 0 Å². The Labute approximate surface area is 86.7 Å². The fourth-order valence-corrected chi connectivity index (χ4v) is 1.36. The number of benzene rings is 1. The Balaban J connectivity index is 2.45. The van der Waals surface area contributed by atoms with Gasteiger partial charge in [-0.25, -0.2) is 9.37 Å². The van der Waals surface area contributed by atoms with Gasteiger partial charge in [-0.15, -0.1) is 0 Å². The van der Waals surface area contributed by atoms with Gasteiger partial charge in [0.1, 0.15) is 11.6 Å². The maximum Gasteiger partial charge on any atom is 0.226 e. The van der Waals surface area contributed by atoms with E-state index in [1.165, 1.54) is 12.1 Å². The van der Waals surface area contributed by atoms with Crippen molar-refractivity contribution in [1.29, 1.82) is 0 Å². The van der Waals surface area contributed by atoms with Crippen LogP contribution in [0.15, 0.2) is 28.7 Å². The monoisotopic (exact) mass is 206 g/mol. The van der Waals surface area contributed by atoms with Crippen molar-refractivity contribution in [3.63, 3.8) is 0 Å². The molecule has 0 aliphatic rings. The summed E-state index contributed by atoms with van der Waals surface area (Å²) in [6.07, 6.45) is 0. The van der Waals surface area contributed by atoms with Crippen molar-refractivity contribution in [2.24, 2.45) is 5.73 Å². The van der Waals surface area contributed by atoms with Crippen LogP contribution in [0.25, 0.3) is 11.5 Å². The number of hydrogen-bond donors (Lipinski definition) is 1. The average Bonchev–Trinajstić information content (AvgIpc) is 2.60. The zero-order valence-electron chi connectivity index (χ0n) is 8.33. The summed E-state index contributed by atoms with van der Waals surface area (Å²) in [5.41, 5.74) is 6.80. The van der Waals surface area contributed by atoms with Gasteiger partial charge in [0.25, 0.3) is 0 Å². The van der Waals surface area contributed by atoms with Crippen molar-refractivity contribution in [2.75, 3.05) is 0 Å². The largest absolute Gasteiger partial charge is 0.441 e. The first-order chi connectivity index (χ1) is 7.20. The summed E-state index contributed by atoms with van der Waals surface area (Å²) >= 11 is 0. The van der Waals surface area contributed by atoms with E-state index >= 15 is 0 Å². The SMILES string of the molecule is Cc1oc(-c2cccc(F)c2)nc1CN. The second-order valence-corrected chi connectivity index (χ2v) is 3.24. The molecule has 3 nitrogen and oxygen atoms in total. The van der Waals surface area contributed by atoms with Gasteiger partial charge in [-0.1, -0.05) is 6.07 Å². The normalized spacial score (nSPS) is 10.6. The van der Waals surface area contributed by atoms with E-state index in [9.17, 15) is 4.39 Å². The van der Waals surface area contributed by atoms with Crippen LogP contribution in [0.5, 0.6) is 0 Å². The Hall–Kier alpha value is -1.68. The molecular formula is C11H11FN2O. The van der Waals surface area contributed by atoms with E-state index in [2.05, 4.69) is 4.98 Å². The van der Waals surface area contributed by atoms with Crippen LogP contribution in [0.1, 0.15) is 11.5 Å². The molecule has 2 N–H and O–H groups in total. The van der Waals surface area contributed by atoms with Gasteiger partial charge in [0, 0.05) is 12.1 Å². The third-order valence-electron chi connectivity index (χ3n) is 2.16. The van der Waals surface area contributed by atoms with Gasteiger partial charge in [-0.2, -0.15) is 0 Å². The van der Waals surface area contributed by atoms with Crippen LogP contribution in [0.4, 0.5) is 4.39 Å². The van der Waals surface area contributed by atoms with Gasteiger partial charge in [0.2, 0.25) is 5.89 Å². The average molecular weight is 206 g/mol. The van der Waals surface area contributed by atoms with Gasteiger partial charge in [0.15, 0.2) is 0 Å². The number of aromatic nitrogens is 1. The number of halogens is 1. The summed E-state index contributed by atoms with van der Waals surface area (Å²) in [5, 5.41) is 0. The highest BCUT2D eigenvalue weighted by Crippen LogP contribution is 2.21. The van der Waals surface area contributed by atoms with Gasteiger partial charge >= 0.3 is 0 Å². The van der Waals surface area contributed by atoms with Gasteiger partial charge in [0.05, 0.1) is 5.69 Å². The number of aryl methyl sites for hydroxylation is 1. The van der Waals surface area contributed by atoms with Crippen LogP contribution in [-0.4, -0.2) is 4.98 Å². The molecule has 0 atom stereocenters. The van der Waals surface area contributed by atoms with Crippen LogP contribution in [-0.2, 0) is 6.54 Å². The van der Waals surface area contributed by atoms with E-state index in [1.807, 2.05) is 0 Å². The summed E-state index contributed by atoms with van der Waals surface area (Å²) < 4.78 is 18.3. The topological polar surface area (TPSA) is 52.0 Å². The zero-order valence-corrected chi connectivity index (χ0v) is 8.33. The molecule has 0 spiro atoms. The van der Waals surface area contributed by atoms with E-state index in [0.29, 0.717) is 29.5 Å². The van der Waals surface area contributed by atoms with Crippen molar-refractivity contribution in [3.8, 4) is 11.5 Å². The molecule has 0 bridgehead atoms. The number of nitrogens with two attached hydrogens (primary N) is 1. The smallest absolute Gasteiger partial charge is 0.226 e. The summed E-state index contributed by atoms with van der Waals surface area (Å²) in [4.78, 5) is 4.18. The molecule has 0 aliphatic carbocycles. The van der Waals surface area contributed by atoms with Crippen LogP contribution in [0.3, 0.4) is 0 Å². The Morgan fingerprint density at radius 1 is 1.47 bits per heavy atom. The Morgan fingerprint density at radius 2 is 2.27 bits per heavy atom. The molecule has 1 aromatic carbocycles. The minimum atomic E-state index is -0.308. The number of nitrogens with zero attached hydrogens (tertiary/aromatic N) is 1. The quantitative estimate of drug-likeness (QED) is 0.819. The molecule has 0 unspecified atom stereocenters. The summed E-state index contributed by atoms with van der Waals surface area (Å²) in [6, 6.07) is 6.12. The highest BCUT2D eigenvalue weighted by molar-refractivity contribution is 5.53. The van der Waals surface area contributed by atoms with E-state index in [4.69, 9.17) is 10.2 Å². The lowest BCUT2D eigenvalue weighted by Crippen LogP contribution is -1.97. The first kappa shape index (κ1) is 9.86. The molecule has 0 saturated carbocycles. The molecule has 0 radical (unpaired) electrons. The second-order valence-electron chi connectivity index (χ2n) is 3.24. The van der Waals surface area contributed by atoms with Gasteiger partial charge in [-0.05, 0) is 25.1 Å². The second kappa shape index (κ2) is 3.82. The maximum absolute atomic E-state index is 12.9. The lowest BCUT2D eigenvalue weighted by atomic mass is 10.2. The van der Waals surface area contributed by atoms with Crippen LogP contribution in [0.2, 0.25) is 0 Å². The molecule has 4 heteroatoms. The predicted molar refractivity (Wildman–Crippen MR) is 54.5 cm³/mol. The van der Waals surface area contributed by atoms with E-state index < -0.39 is 0 Å². The molecule has 0 amide bonds. The molecule has 1 heterocycles. The van der Waals surface area contributed by atoms with Gasteiger partial charge < -0.3 is 10.2 Å². The predicted octanol–water partition coefficient (Wildman–Crippen LogP) is 2.25. The fraction of sp³-hybridized carbons (Fsp3) is 0.182.